The molecule has 1 aromatic heterocycles. The lowest BCUT2D eigenvalue weighted by Gasteiger charge is -2.33. The molecule has 0 spiro atoms. The Kier molecular flexibility index (Phi) is 5.64. The van der Waals surface area contributed by atoms with Crippen molar-refractivity contribution in [3.63, 3.8) is 0 Å². The van der Waals surface area contributed by atoms with Crippen molar-refractivity contribution in [2.75, 3.05) is 20.2 Å². The number of ketones is 1. The van der Waals surface area contributed by atoms with E-state index in [0.29, 0.717) is 36.9 Å². The molecule has 8 nitrogen and oxygen atoms in total. The first-order chi connectivity index (χ1) is 13.6. The Morgan fingerprint density at radius 1 is 1.14 bits per heavy atom. The normalized spacial score (nSPS) is 15.4. The van der Waals surface area contributed by atoms with Gasteiger partial charge in [-0.1, -0.05) is 0 Å². The van der Waals surface area contributed by atoms with Gasteiger partial charge in [-0.2, -0.15) is 5.10 Å². The minimum absolute atomic E-state index is 0.00964. The number of rotatable bonds is 3. The summed E-state index contributed by atoms with van der Waals surface area (Å²) in [5, 5.41) is 4.80. The molecule has 8 heteroatoms. The third-order valence-corrected chi connectivity index (χ3v) is 5.03. The van der Waals surface area contributed by atoms with Crippen molar-refractivity contribution in [3.8, 4) is 0 Å². The second-order valence-electron chi connectivity index (χ2n) is 8.30. The molecule has 29 heavy (non-hydrogen) atoms. The summed E-state index contributed by atoms with van der Waals surface area (Å²) in [6.07, 6.45) is 0.808. The van der Waals surface area contributed by atoms with Crippen LogP contribution in [-0.2, 0) is 16.5 Å². The van der Waals surface area contributed by atoms with Crippen LogP contribution in [0.2, 0.25) is 0 Å². The number of benzene rings is 1. The van der Waals surface area contributed by atoms with E-state index in [4.69, 9.17) is 9.47 Å². The van der Waals surface area contributed by atoms with Crippen molar-refractivity contribution in [2.45, 2.75) is 39.2 Å². The number of carbonyl (C=O) groups is 3. The number of carbonyl (C=O) groups excluding carboxylic acids is 3. The summed E-state index contributed by atoms with van der Waals surface area (Å²) in [6, 6.07) is 5.25. The maximum absolute atomic E-state index is 13.0. The Morgan fingerprint density at radius 2 is 1.79 bits per heavy atom. The van der Waals surface area contributed by atoms with Crippen LogP contribution in [0.3, 0.4) is 0 Å². The number of aryl methyl sites for hydroxylation is 1. The van der Waals surface area contributed by atoms with E-state index in [9.17, 15) is 14.4 Å². The zero-order valence-electron chi connectivity index (χ0n) is 17.5. The van der Waals surface area contributed by atoms with E-state index < -0.39 is 11.6 Å². The molecule has 1 amide bonds. The number of esters is 1. The van der Waals surface area contributed by atoms with E-state index in [1.165, 1.54) is 7.11 Å². The monoisotopic (exact) mass is 401 g/mol. The van der Waals surface area contributed by atoms with Crippen LogP contribution in [0.4, 0.5) is 4.79 Å². The molecular weight excluding hydrogens is 374 g/mol. The third-order valence-electron chi connectivity index (χ3n) is 5.03. The Labute approximate surface area is 169 Å². The average molecular weight is 401 g/mol. The van der Waals surface area contributed by atoms with Gasteiger partial charge in [0.2, 0.25) is 0 Å². The number of nitrogens with zero attached hydrogens (tertiary/aromatic N) is 3. The number of ether oxygens (including phenoxy) is 2. The van der Waals surface area contributed by atoms with Gasteiger partial charge in [0.1, 0.15) is 5.60 Å². The highest BCUT2D eigenvalue weighted by Gasteiger charge is 2.30. The zero-order valence-corrected chi connectivity index (χ0v) is 17.5. The lowest BCUT2D eigenvalue weighted by Crippen LogP contribution is -2.43. The summed E-state index contributed by atoms with van der Waals surface area (Å²) < 4.78 is 11.8. The number of amides is 1. The third kappa shape index (κ3) is 4.41. The molecule has 1 aliphatic heterocycles. The molecule has 0 radical (unpaired) electrons. The smallest absolute Gasteiger partial charge is 0.410 e. The fourth-order valence-electron chi connectivity index (χ4n) is 3.55. The fraction of sp³-hybridized carbons (Fsp3) is 0.524. The molecule has 0 atom stereocenters. The highest BCUT2D eigenvalue weighted by molar-refractivity contribution is 6.06. The minimum Gasteiger partial charge on any atom is -0.464 e. The summed E-state index contributed by atoms with van der Waals surface area (Å²) in [4.78, 5) is 38.9. The van der Waals surface area contributed by atoms with E-state index in [1.807, 2.05) is 20.8 Å². The maximum Gasteiger partial charge on any atom is 0.410 e. The van der Waals surface area contributed by atoms with Crippen molar-refractivity contribution in [1.82, 2.24) is 14.7 Å². The van der Waals surface area contributed by atoms with Gasteiger partial charge in [-0.25, -0.2) is 9.59 Å². The van der Waals surface area contributed by atoms with Gasteiger partial charge in [0, 0.05) is 37.0 Å². The summed E-state index contributed by atoms with van der Waals surface area (Å²) in [7, 11) is 3.04. The zero-order chi connectivity index (χ0) is 21.3. The summed E-state index contributed by atoms with van der Waals surface area (Å²) >= 11 is 0. The van der Waals surface area contributed by atoms with Crippen molar-refractivity contribution < 1.29 is 23.9 Å². The first-order valence-electron chi connectivity index (χ1n) is 9.68. The Balaban J connectivity index is 1.74. The number of Topliss-reactive ketones (excluding diaryl/α,β-unsaturated/α-hetero) is 1. The van der Waals surface area contributed by atoms with E-state index >= 15 is 0 Å². The van der Waals surface area contributed by atoms with Crippen molar-refractivity contribution >= 4 is 28.7 Å². The van der Waals surface area contributed by atoms with Crippen LogP contribution in [-0.4, -0.2) is 58.3 Å². The summed E-state index contributed by atoms with van der Waals surface area (Å²) in [6.45, 7) is 6.46. The van der Waals surface area contributed by atoms with Gasteiger partial charge in [-0.05, 0) is 51.8 Å². The van der Waals surface area contributed by atoms with Crippen molar-refractivity contribution in [1.29, 1.82) is 0 Å². The van der Waals surface area contributed by atoms with Gasteiger partial charge in [-0.15, -0.1) is 0 Å². The van der Waals surface area contributed by atoms with E-state index in [1.54, 1.807) is 34.8 Å². The molecule has 1 aromatic carbocycles. The average Bonchev–Trinajstić information content (AvgIpc) is 3.01. The largest absolute Gasteiger partial charge is 0.464 e. The summed E-state index contributed by atoms with van der Waals surface area (Å²) in [5.41, 5.74) is 0.938. The number of methoxy groups -OCH3 is 1. The maximum atomic E-state index is 13.0. The van der Waals surface area contributed by atoms with Crippen LogP contribution in [0.15, 0.2) is 18.2 Å². The van der Waals surface area contributed by atoms with Gasteiger partial charge < -0.3 is 14.4 Å². The SMILES string of the molecule is COC(=O)c1nn(C)c2ccc(C(=O)C3CCN(C(=O)OC(C)(C)C)CC3)cc12. The summed E-state index contributed by atoms with van der Waals surface area (Å²) in [5.74, 6) is -0.703. The van der Waals surface area contributed by atoms with E-state index in [0.717, 1.165) is 5.52 Å². The minimum atomic E-state index is -0.541. The lowest BCUT2D eigenvalue weighted by atomic mass is 9.88. The molecule has 2 aromatic rings. The van der Waals surface area contributed by atoms with Gasteiger partial charge in [0.15, 0.2) is 11.5 Å². The highest BCUT2D eigenvalue weighted by Crippen LogP contribution is 2.26. The molecule has 1 saturated heterocycles. The molecule has 1 fully saturated rings. The predicted octanol–water partition coefficient (Wildman–Crippen LogP) is 3.19. The first-order valence-corrected chi connectivity index (χ1v) is 9.68. The molecule has 2 heterocycles. The molecule has 0 aliphatic carbocycles. The number of aromatic nitrogens is 2. The number of fused-ring (bicyclic) bond motifs is 1. The molecule has 0 unspecified atom stereocenters. The molecule has 156 valence electrons. The molecule has 0 saturated carbocycles. The van der Waals surface area contributed by atoms with Crippen molar-refractivity contribution in [3.05, 3.63) is 29.5 Å². The molecule has 0 bridgehead atoms. The van der Waals surface area contributed by atoms with Crippen LogP contribution in [0.25, 0.3) is 10.9 Å². The van der Waals surface area contributed by atoms with E-state index in [2.05, 4.69) is 5.10 Å². The van der Waals surface area contributed by atoms with Crippen LogP contribution < -0.4 is 0 Å². The second kappa shape index (κ2) is 7.85. The van der Waals surface area contributed by atoms with Crippen LogP contribution in [0.5, 0.6) is 0 Å². The first kappa shape index (κ1) is 20.8. The fourth-order valence-corrected chi connectivity index (χ4v) is 3.55. The predicted molar refractivity (Wildman–Crippen MR) is 107 cm³/mol. The highest BCUT2D eigenvalue weighted by atomic mass is 16.6. The van der Waals surface area contributed by atoms with E-state index in [-0.39, 0.29) is 23.5 Å². The van der Waals surface area contributed by atoms with Crippen LogP contribution in [0.1, 0.15) is 54.5 Å². The van der Waals surface area contributed by atoms with Gasteiger partial charge >= 0.3 is 12.1 Å². The van der Waals surface area contributed by atoms with Crippen LogP contribution in [0, 0.1) is 5.92 Å². The number of likely N-dealkylation sites (tertiary alicyclic amines) is 1. The molecule has 3 rings (SSSR count). The second-order valence-corrected chi connectivity index (χ2v) is 8.30. The number of hydrogen-bond acceptors (Lipinski definition) is 6. The number of piperidine rings is 1. The van der Waals surface area contributed by atoms with Crippen molar-refractivity contribution in [2.24, 2.45) is 13.0 Å². The Bertz CT molecular complexity index is 949. The number of hydrogen-bond donors (Lipinski definition) is 0. The lowest BCUT2D eigenvalue weighted by molar-refractivity contribution is 0.0182. The topological polar surface area (TPSA) is 90.7 Å². The van der Waals surface area contributed by atoms with Gasteiger partial charge in [-0.3, -0.25) is 9.48 Å². The Hall–Kier alpha value is -2.90. The molecular formula is C21H27N3O5. The molecule has 0 N–H and O–H groups in total. The quantitative estimate of drug-likeness (QED) is 0.579. The van der Waals surface area contributed by atoms with Gasteiger partial charge in [0.05, 0.1) is 12.6 Å². The standard InChI is InChI=1S/C21H27N3O5/c1-21(2,3)29-20(27)24-10-8-13(9-11-24)18(25)14-6-7-16-15(12-14)17(19(26)28-5)22-23(16)4/h6-7,12-13H,8-11H2,1-5H3. The Morgan fingerprint density at radius 3 is 2.38 bits per heavy atom. The molecule has 1 aliphatic rings. The van der Waals surface area contributed by atoms with Crippen LogP contribution >= 0.6 is 0 Å². The van der Waals surface area contributed by atoms with Gasteiger partial charge in [0.25, 0.3) is 0 Å².